The van der Waals surface area contributed by atoms with Crippen LogP contribution in [-0.2, 0) is 0 Å². The molecule has 1 N–H and O–H groups in total. The predicted molar refractivity (Wildman–Crippen MR) is 131 cm³/mol. The molecular weight excluding hydrogens is 453 g/mol. The van der Waals surface area contributed by atoms with Crippen LogP contribution in [0.5, 0.6) is 17.2 Å². The van der Waals surface area contributed by atoms with E-state index in [0.29, 0.717) is 11.7 Å². The minimum atomic E-state index is -0.707. The fourth-order valence-corrected chi connectivity index (χ4v) is 4.20. The lowest BCUT2D eigenvalue weighted by atomic mass is 10.0. The normalized spacial score (nSPS) is 10.7. The molecule has 0 aliphatic heterocycles. The Hall–Kier alpha value is -3.78. The summed E-state index contributed by atoms with van der Waals surface area (Å²) in [6, 6.07) is 14.0. The molecule has 0 spiro atoms. The fraction of sp³-hybridized carbons (Fsp3) is 0.192. The highest BCUT2D eigenvalue weighted by Crippen LogP contribution is 2.34. The molecule has 2 heterocycles. The third kappa shape index (κ3) is 5.58. The van der Waals surface area contributed by atoms with Crippen LogP contribution in [-0.4, -0.2) is 22.5 Å². The van der Waals surface area contributed by atoms with Crippen LogP contribution in [0.4, 0.5) is 9.52 Å². The van der Waals surface area contributed by atoms with Crippen LogP contribution in [0.1, 0.15) is 34.8 Å². The highest BCUT2D eigenvalue weighted by atomic mass is 32.1. The van der Waals surface area contributed by atoms with Gasteiger partial charge in [0.05, 0.1) is 12.3 Å². The first-order valence-corrected chi connectivity index (χ1v) is 11.7. The quantitative estimate of drug-likeness (QED) is 0.283. The smallest absolute Gasteiger partial charge is 0.257 e. The minimum absolute atomic E-state index is 0.183. The van der Waals surface area contributed by atoms with Crippen LogP contribution in [0.2, 0.25) is 0 Å². The molecule has 2 aromatic heterocycles. The molecule has 0 saturated carbocycles. The van der Waals surface area contributed by atoms with E-state index in [1.807, 2.05) is 55.6 Å². The summed E-state index contributed by atoms with van der Waals surface area (Å²) in [5, 5.41) is 5.03. The Morgan fingerprint density at radius 2 is 1.74 bits per heavy atom. The molecule has 6 nitrogen and oxygen atoms in total. The van der Waals surface area contributed by atoms with Gasteiger partial charge in [0.1, 0.15) is 17.2 Å². The van der Waals surface area contributed by atoms with Crippen LogP contribution < -0.4 is 14.8 Å². The van der Waals surface area contributed by atoms with Gasteiger partial charge in [-0.15, -0.1) is 11.3 Å². The van der Waals surface area contributed by atoms with Crippen molar-refractivity contribution in [2.45, 2.75) is 27.2 Å². The highest BCUT2D eigenvalue weighted by molar-refractivity contribution is 7.14. The fourth-order valence-electron chi connectivity index (χ4n) is 3.51. The van der Waals surface area contributed by atoms with E-state index >= 15 is 0 Å². The van der Waals surface area contributed by atoms with Gasteiger partial charge in [0.25, 0.3) is 5.91 Å². The largest absolute Gasteiger partial charge is 0.494 e. The lowest BCUT2D eigenvalue weighted by Gasteiger charge is -2.13. The molecule has 0 fully saturated rings. The molecular formula is C26H24FN3O3S. The first-order chi connectivity index (χ1) is 16.4. The SMILES string of the molecule is CCCOc1ccc(Oc2cc(C)c(-c3csc(NC(=O)c4ccnc(F)c4)n3)c(C)c2)cc1. The summed E-state index contributed by atoms with van der Waals surface area (Å²) in [4.78, 5) is 20.4. The minimum Gasteiger partial charge on any atom is -0.494 e. The van der Waals surface area contributed by atoms with Gasteiger partial charge in [-0.1, -0.05) is 6.92 Å². The van der Waals surface area contributed by atoms with Gasteiger partial charge >= 0.3 is 0 Å². The Bertz CT molecular complexity index is 1280. The Morgan fingerprint density at radius 3 is 2.41 bits per heavy atom. The molecule has 0 saturated heterocycles. The molecule has 8 heteroatoms. The van der Waals surface area contributed by atoms with Crippen LogP contribution in [0, 0.1) is 19.8 Å². The number of benzene rings is 2. The van der Waals surface area contributed by atoms with Gasteiger partial charge in [-0.3, -0.25) is 10.1 Å². The zero-order valence-electron chi connectivity index (χ0n) is 19.1. The number of carbonyl (C=O) groups is 1. The van der Waals surface area contributed by atoms with E-state index in [1.165, 1.54) is 23.6 Å². The van der Waals surface area contributed by atoms with Crippen molar-refractivity contribution in [3.05, 3.63) is 82.7 Å². The molecule has 0 aliphatic rings. The average Bonchev–Trinajstić information content (AvgIpc) is 3.26. The summed E-state index contributed by atoms with van der Waals surface area (Å²) in [7, 11) is 0. The standard InChI is InChI=1S/C26H24FN3O3S/c1-4-11-32-19-5-7-20(8-6-19)33-21-12-16(2)24(17(3)13-21)22-15-34-26(29-22)30-25(31)18-9-10-28-23(27)14-18/h5-10,12-15H,4,11H2,1-3H3,(H,29,30,31). The molecule has 0 atom stereocenters. The zero-order valence-corrected chi connectivity index (χ0v) is 19.9. The lowest BCUT2D eigenvalue weighted by molar-refractivity contribution is 0.102. The molecule has 34 heavy (non-hydrogen) atoms. The van der Waals surface area contributed by atoms with Crippen molar-refractivity contribution in [3.8, 4) is 28.5 Å². The summed E-state index contributed by atoms with van der Waals surface area (Å²) < 4.78 is 24.9. The summed E-state index contributed by atoms with van der Waals surface area (Å²) >= 11 is 1.31. The van der Waals surface area contributed by atoms with Crippen molar-refractivity contribution in [2.24, 2.45) is 0 Å². The number of hydrogen-bond acceptors (Lipinski definition) is 6. The number of ether oxygens (including phenoxy) is 2. The van der Waals surface area contributed by atoms with Crippen molar-refractivity contribution in [1.82, 2.24) is 9.97 Å². The van der Waals surface area contributed by atoms with E-state index < -0.39 is 11.9 Å². The number of nitrogens with zero attached hydrogens (tertiary/aromatic N) is 2. The number of halogens is 1. The number of carbonyl (C=O) groups excluding carboxylic acids is 1. The molecule has 2 aromatic carbocycles. The van der Waals surface area contributed by atoms with Gasteiger partial charge in [-0.2, -0.15) is 4.39 Å². The number of thiazole rings is 1. The maximum absolute atomic E-state index is 13.3. The van der Waals surface area contributed by atoms with Crippen molar-refractivity contribution < 1.29 is 18.7 Å². The third-order valence-electron chi connectivity index (χ3n) is 5.01. The molecule has 0 radical (unpaired) electrons. The van der Waals surface area contributed by atoms with Crippen LogP contribution in [0.3, 0.4) is 0 Å². The predicted octanol–water partition coefficient (Wildman–Crippen LogP) is 6.79. The van der Waals surface area contributed by atoms with Crippen molar-refractivity contribution >= 4 is 22.4 Å². The van der Waals surface area contributed by atoms with Crippen LogP contribution >= 0.6 is 11.3 Å². The van der Waals surface area contributed by atoms with Crippen molar-refractivity contribution in [3.63, 3.8) is 0 Å². The second kappa shape index (κ2) is 10.4. The Morgan fingerprint density at radius 1 is 1.03 bits per heavy atom. The average molecular weight is 478 g/mol. The monoisotopic (exact) mass is 477 g/mol. The second-order valence-electron chi connectivity index (χ2n) is 7.71. The first-order valence-electron chi connectivity index (χ1n) is 10.8. The van der Waals surface area contributed by atoms with E-state index in [9.17, 15) is 9.18 Å². The Balaban J connectivity index is 1.48. The number of pyridine rings is 1. The lowest BCUT2D eigenvalue weighted by Crippen LogP contribution is -2.12. The molecule has 4 rings (SSSR count). The number of amides is 1. The number of hydrogen-bond donors (Lipinski definition) is 1. The second-order valence-corrected chi connectivity index (χ2v) is 8.57. The van der Waals surface area contributed by atoms with E-state index in [1.54, 1.807) is 0 Å². The summed E-state index contributed by atoms with van der Waals surface area (Å²) in [5.74, 6) is 1.12. The van der Waals surface area contributed by atoms with E-state index in [4.69, 9.17) is 9.47 Å². The number of anilines is 1. The van der Waals surface area contributed by atoms with Gasteiger partial charge in [-0.05, 0) is 73.9 Å². The zero-order chi connectivity index (χ0) is 24.1. The van der Waals surface area contributed by atoms with E-state index in [2.05, 4.69) is 22.2 Å². The van der Waals surface area contributed by atoms with Gasteiger partial charge in [-0.25, -0.2) is 9.97 Å². The van der Waals surface area contributed by atoms with Gasteiger partial charge in [0.2, 0.25) is 5.95 Å². The van der Waals surface area contributed by atoms with Gasteiger partial charge in [0, 0.05) is 28.8 Å². The molecule has 0 unspecified atom stereocenters. The Labute approximate surface area is 201 Å². The number of rotatable bonds is 8. The molecule has 0 bridgehead atoms. The van der Waals surface area contributed by atoms with E-state index in [0.717, 1.165) is 52.1 Å². The topological polar surface area (TPSA) is 73.3 Å². The van der Waals surface area contributed by atoms with Gasteiger partial charge < -0.3 is 9.47 Å². The van der Waals surface area contributed by atoms with Gasteiger partial charge in [0.15, 0.2) is 5.13 Å². The van der Waals surface area contributed by atoms with Crippen LogP contribution in [0.15, 0.2) is 60.1 Å². The maximum Gasteiger partial charge on any atom is 0.257 e. The summed E-state index contributed by atoms with van der Waals surface area (Å²) in [5.41, 5.74) is 3.90. The first kappa shape index (κ1) is 23.4. The van der Waals surface area contributed by atoms with Crippen LogP contribution in [0.25, 0.3) is 11.3 Å². The maximum atomic E-state index is 13.3. The van der Waals surface area contributed by atoms with E-state index in [-0.39, 0.29) is 5.56 Å². The number of nitrogens with one attached hydrogen (secondary N) is 1. The summed E-state index contributed by atoms with van der Waals surface area (Å²) in [6.45, 7) is 6.74. The summed E-state index contributed by atoms with van der Waals surface area (Å²) in [6.07, 6.45) is 2.21. The Kier molecular flexibility index (Phi) is 7.18. The number of aryl methyl sites for hydroxylation is 2. The third-order valence-corrected chi connectivity index (χ3v) is 5.77. The van der Waals surface area contributed by atoms with Crippen molar-refractivity contribution in [2.75, 3.05) is 11.9 Å². The van der Waals surface area contributed by atoms with Crippen molar-refractivity contribution in [1.29, 1.82) is 0 Å². The molecule has 1 amide bonds. The number of aromatic nitrogens is 2. The highest BCUT2D eigenvalue weighted by Gasteiger charge is 2.15. The molecule has 4 aromatic rings. The molecule has 174 valence electrons. The molecule has 0 aliphatic carbocycles.